The van der Waals surface area contributed by atoms with Gasteiger partial charge in [-0.25, -0.2) is 8.78 Å². The summed E-state index contributed by atoms with van der Waals surface area (Å²) < 4.78 is 28.4. The maximum Gasteiger partial charge on any atom is 0.128 e. The fraction of sp³-hybridized carbons (Fsp3) is 0.250. The summed E-state index contributed by atoms with van der Waals surface area (Å²) in [5, 5.41) is 6.98. The maximum absolute atomic E-state index is 13.7. The quantitative estimate of drug-likeness (QED) is 0.885. The summed E-state index contributed by atoms with van der Waals surface area (Å²) in [6.07, 6.45) is 3.40. The minimum absolute atomic E-state index is 0.278. The lowest BCUT2D eigenvalue weighted by molar-refractivity contribution is 0.558. The zero-order valence-corrected chi connectivity index (χ0v) is 9.61. The van der Waals surface area contributed by atoms with Gasteiger partial charge in [0.1, 0.15) is 11.6 Å². The van der Waals surface area contributed by atoms with Crippen molar-refractivity contribution in [3.63, 3.8) is 0 Å². The molecule has 1 heterocycles. The molecule has 1 atom stereocenters. The summed E-state index contributed by atoms with van der Waals surface area (Å²) >= 11 is 0. The molecule has 5 heteroatoms. The monoisotopic (exact) mass is 237 g/mol. The zero-order chi connectivity index (χ0) is 12.4. The third-order valence-electron chi connectivity index (χ3n) is 2.62. The van der Waals surface area contributed by atoms with E-state index in [1.165, 1.54) is 6.07 Å². The van der Waals surface area contributed by atoms with Crippen molar-refractivity contribution in [3.05, 3.63) is 53.4 Å². The van der Waals surface area contributed by atoms with Crippen molar-refractivity contribution in [2.45, 2.75) is 6.04 Å². The molecule has 0 aliphatic rings. The normalized spacial score (nSPS) is 12.7. The molecule has 1 aromatic heterocycles. The van der Waals surface area contributed by atoms with Gasteiger partial charge < -0.3 is 5.32 Å². The van der Waals surface area contributed by atoms with Crippen LogP contribution in [0.5, 0.6) is 0 Å². The maximum atomic E-state index is 13.7. The zero-order valence-electron chi connectivity index (χ0n) is 9.61. The molecule has 0 fully saturated rings. The van der Waals surface area contributed by atoms with Crippen LogP contribution in [0.3, 0.4) is 0 Å². The first-order chi connectivity index (χ1) is 8.11. The molecule has 1 N–H and O–H groups in total. The molecule has 0 saturated carbocycles. The minimum Gasteiger partial charge on any atom is -0.309 e. The van der Waals surface area contributed by atoms with E-state index < -0.39 is 17.7 Å². The van der Waals surface area contributed by atoms with E-state index in [4.69, 9.17) is 0 Å². The van der Waals surface area contributed by atoms with Crippen LogP contribution in [0.2, 0.25) is 0 Å². The molecule has 0 saturated heterocycles. The highest BCUT2D eigenvalue weighted by atomic mass is 19.1. The number of aromatic nitrogens is 2. The standard InChI is InChI=1S/C12H13F2N3/c1-15-12(8-6-16-17(2)7-8)10-5-9(13)3-4-11(10)14/h3-7,12,15H,1-2H3. The van der Waals surface area contributed by atoms with Gasteiger partial charge in [0.05, 0.1) is 12.2 Å². The molecule has 17 heavy (non-hydrogen) atoms. The predicted octanol–water partition coefficient (Wildman–Crippen LogP) is 2.01. The Labute approximate surface area is 98.1 Å². The van der Waals surface area contributed by atoms with Crippen LogP contribution in [-0.2, 0) is 7.05 Å². The molecule has 0 amide bonds. The average Bonchev–Trinajstić information content (AvgIpc) is 2.71. The van der Waals surface area contributed by atoms with Crippen LogP contribution in [-0.4, -0.2) is 16.8 Å². The van der Waals surface area contributed by atoms with Gasteiger partial charge in [-0.3, -0.25) is 4.68 Å². The molecular weight excluding hydrogens is 224 g/mol. The third-order valence-corrected chi connectivity index (χ3v) is 2.62. The van der Waals surface area contributed by atoms with Crippen LogP contribution in [0.25, 0.3) is 0 Å². The smallest absolute Gasteiger partial charge is 0.128 e. The van der Waals surface area contributed by atoms with Crippen LogP contribution in [0.4, 0.5) is 8.78 Å². The minimum atomic E-state index is -0.453. The second-order valence-electron chi connectivity index (χ2n) is 3.83. The van der Waals surface area contributed by atoms with E-state index >= 15 is 0 Å². The molecule has 2 aromatic rings. The molecule has 90 valence electrons. The Morgan fingerprint density at radius 2 is 2.12 bits per heavy atom. The van der Waals surface area contributed by atoms with Crippen LogP contribution >= 0.6 is 0 Å². The average molecular weight is 237 g/mol. The van der Waals surface area contributed by atoms with Crippen LogP contribution in [0, 0.1) is 11.6 Å². The second-order valence-corrected chi connectivity index (χ2v) is 3.83. The van der Waals surface area contributed by atoms with Crippen LogP contribution in [0.1, 0.15) is 17.2 Å². The van der Waals surface area contributed by atoms with Crippen molar-refractivity contribution in [1.82, 2.24) is 15.1 Å². The predicted molar refractivity (Wildman–Crippen MR) is 60.5 cm³/mol. The lowest BCUT2D eigenvalue weighted by Crippen LogP contribution is -2.18. The number of halogens is 2. The van der Waals surface area contributed by atoms with E-state index in [1.54, 1.807) is 31.2 Å². The molecule has 2 rings (SSSR count). The molecule has 0 bridgehead atoms. The summed E-state index contributed by atoms with van der Waals surface area (Å²) in [7, 11) is 3.47. The van der Waals surface area contributed by atoms with Crippen molar-refractivity contribution in [2.75, 3.05) is 7.05 Å². The summed E-state index contributed by atoms with van der Waals surface area (Å²) in [6.45, 7) is 0. The van der Waals surface area contributed by atoms with E-state index in [2.05, 4.69) is 10.4 Å². The van der Waals surface area contributed by atoms with Crippen LogP contribution < -0.4 is 5.32 Å². The van der Waals surface area contributed by atoms with Gasteiger partial charge in [-0.2, -0.15) is 5.10 Å². The highest BCUT2D eigenvalue weighted by Crippen LogP contribution is 2.24. The SMILES string of the molecule is CNC(c1cnn(C)c1)c1cc(F)ccc1F. The van der Waals surface area contributed by atoms with Crippen LogP contribution in [0.15, 0.2) is 30.6 Å². The third kappa shape index (κ3) is 2.34. The number of nitrogens with zero attached hydrogens (tertiary/aromatic N) is 2. The number of aryl methyl sites for hydroxylation is 1. The Kier molecular flexibility index (Phi) is 3.19. The summed E-state index contributed by atoms with van der Waals surface area (Å²) in [5.74, 6) is -0.889. The summed E-state index contributed by atoms with van der Waals surface area (Å²) in [4.78, 5) is 0. The fourth-order valence-electron chi connectivity index (χ4n) is 1.83. The first-order valence-electron chi connectivity index (χ1n) is 5.22. The molecule has 1 aromatic carbocycles. The van der Waals surface area contributed by atoms with Crippen molar-refractivity contribution < 1.29 is 8.78 Å². The number of nitrogens with one attached hydrogen (secondary N) is 1. The largest absolute Gasteiger partial charge is 0.309 e. The van der Waals surface area contributed by atoms with Gasteiger partial charge in [-0.1, -0.05) is 0 Å². The van der Waals surface area contributed by atoms with Gasteiger partial charge in [0.25, 0.3) is 0 Å². The van der Waals surface area contributed by atoms with Crippen molar-refractivity contribution in [2.24, 2.45) is 7.05 Å². The molecule has 0 spiro atoms. The number of hydrogen-bond acceptors (Lipinski definition) is 2. The molecule has 0 radical (unpaired) electrons. The number of benzene rings is 1. The Morgan fingerprint density at radius 3 is 2.71 bits per heavy atom. The van der Waals surface area contributed by atoms with Gasteiger partial charge in [-0.05, 0) is 25.2 Å². The van der Waals surface area contributed by atoms with E-state index in [1.807, 2.05) is 0 Å². The first-order valence-corrected chi connectivity index (χ1v) is 5.22. The first kappa shape index (κ1) is 11.7. The number of rotatable bonds is 3. The van der Waals surface area contributed by atoms with Gasteiger partial charge in [-0.15, -0.1) is 0 Å². The number of hydrogen-bond donors (Lipinski definition) is 1. The summed E-state index contributed by atoms with van der Waals surface area (Å²) in [5.41, 5.74) is 1.07. The molecule has 0 aliphatic heterocycles. The molecule has 1 unspecified atom stereocenters. The van der Waals surface area contributed by atoms with Gasteiger partial charge in [0.2, 0.25) is 0 Å². The van der Waals surface area contributed by atoms with Crippen molar-refractivity contribution in [3.8, 4) is 0 Å². The highest BCUT2D eigenvalue weighted by molar-refractivity contribution is 5.30. The van der Waals surface area contributed by atoms with E-state index in [9.17, 15) is 8.78 Å². The Balaban J connectivity index is 2.45. The van der Waals surface area contributed by atoms with E-state index in [-0.39, 0.29) is 5.56 Å². The lowest BCUT2D eigenvalue weighted by Gasteiger charge is -2.15. The fourth-order valence-corrected chi connectivity index (χ4v) is 1.83. The molecule has 0 aliphatic carbocycles. The Hall–Kier alpha value is -1.75. The van der Waals surface area contributed by atoms with E-state index in [0.717, 1.165) is 17.7 Å². The van der Waals surface area contributed by atoms with Gasteiger partial charge in [0.15, 0.2) is 0 Å². The van der Waals surface area contributed by atoms with Gasteiger partial charge in [0, 0.05) is 24.4 Å². The Morgan fingerprint density at radius 1 is 1.35 bits per heavy atom. The van der Waals surface area contributed by atoms with Crippen molar-refractivity contribution in [1.29, 1.82) is 0 Å². The Bertz CT molecular complexity index is 522. The van der Waals surface area contributed by atoms with Gasteiger partial charge >= 0.3 is 0 Å². The topological polar surface area (TPSA) is 29.9 Å². The molecular formula is C12H13F2N3. The van der Waals surface area contributed by atoms with E-state index in [0.29, 0.717) is 0 Å². The summed E-state index contributed by atoms with van der Waals surface area (Å²) in [6, 6.07) is 3.03. The highest BCUT2D eigenvalue weighted by Gasteiger charge is 2.18. The molecule has 3 nitrogen and oxygen atoms in total. The van der Waals surface area contributed by atoms with Crippen molar-refractivity contribution >= 4 is 0 Å². The lowest BCUT2D eigenvalue weighted by atomic mass is 10.0. The second kappa shape index (κ2) is 4.63.